The highest BCUT2D eigenvalue weighted by molar-refractivity contribution is 7.08. The van der Waals surface area contributed by atoms with Crippen LogP contribution in [-0.2, 0) is 0 Å². The maximum absolute atomic E-state index is 13.2. The molecule has 3 N–H and O–H groups in total. The Morgan fingerprint density at radius 2 is 2.19 bits per heavy atom. The molecule has 1 atom stereocenters. The van der Waals surface area contributed by atoms with E-state index in [1.807, 2.05) is 16.8 Å². The van der Waals surface area contributed by atoms with Gasteiger partial charge in [0.25, 0.3) is 0 Å². The number of thiophene rings is 1. The lowest BCUT2D eigenvalue weighted by atomic mass is 9.99. The van der Waals surface area contributed by atoms with E-state index in [0.717, 1.165) is 5.56 Å². The Morgan fingerprint density at radius 3 is 2.81 bits per heavy atom. The van der Waals surface area contributed by atoms with Crippen LogP contribution in [0.15, 0.2) is 29.0 Å². The predicted octanol–water partition coefficient (Wildman–Crippen LogP) is 2.95. The fourth-order valence-electron chi connectivity index (χ4n) is 1.63. The Morgan fingerprint density at radius 1 is 1.44 bits per heavy atom. The van der Waals surface area contributed by atoms with Gasteiger partial charge in [-0.25, -0.2) is 4.39 Å². The molecule has 0 spiro atoms. The minimum Gasteiger partial charge on any atom is -0.507 e. The first-order valence-corrected chi connectivity index (χ1v) is 5.80. The number of aromatic hydroxyl groups is 1. The second-order valence-corrected chi connectivity index (χ2v) is 4.47. The molecule has 0 aliphatic rings. The van der Waals surface area contributed by atoms with E-state index in [4.69, 9.17) is 5.73 Å². The van der Waals surface area contributed by atoms with E-state index in [1.54, 1.807) is 6.92 Å². The van der Waals surface area contributed by atoms with E-state index in [9.17, 15) is 9.50 Å². The Balaban J connectivity index is 2.48. The zero-order valence-corrected chi connectivity index (χ0v) is 9.59. The fraction of sp³-hybridized carbons (Fsp3) is 0.167. The Kier molecular flexibility index (Phi) is 2.94. The summed E-state index contributed by atoms with van der Waals surface area (Å²) in [6, 6.07) is 3.96. The van der Waals surface area contributed by atoms with Gasteiger partial charge in [0.05, 0.1) is 6.04 Å². The SMILES string of the molecule is Cc1cc(F)cc([C@@H](N)c2ccsc2)c1O. The summed E-state index contributed by atoms with van der Waals surface area (Å²) >= 11 is 1.52. The van der Waals surface area contributed by atoms with E-state index >= 15 is 0 Å². The van der Waals surface area contributed by atoms with Crippen molar-refractivity contribution in [3.8, 4) is 5.75 Å². The number of hydrogen-bond donors (Lipinski definition) is 2. The molecule has 0 saturated carbocycles. The molecule has 1 aromatic heterocycles. The second kappa shape index (κ2) is 4.23. The largest absolute Gasteiger partial charge is 0.507 e. The lowest BCUT2D eigenvalue weighted by Gasteiger charge is -2.14. The van der Waals surface area contributed by atoms with Crippen LogP contribution in [-0.4, -0.2) is 5.11 Å². The topological polar surface area (TPSA) is 46.2 Å². The molecular weight excluding hydrogens is 225 g/mol. The molecule has 0 radical (unpaired) electrons. The molecular formula is C12H12FNOS. The molecule has 2 nitrogen and oxygen atoms in total. The van der Waals surface area contributed by atoms with E-state index in [0.29, 0.717) is 11.1 Å². The van der Waals surface area contributed by atoms with Gasteiger partial charge in [0, 0.05) is 5.56 Å². The van der Waals surface area contributed by atoms with Crippen molar-refractivity contribution < 1.29 is 9.50 Å². The zero-order valence-electron chi connectivity index (χ0n) is 8.77. The van der Waals surface area contributed by atoms with Gasteiger partial charge in [-0.2, -0.15) is 11.3 Å². The highest BCUT2D eigenvalue weighted by Gasteiger charge is 2.16. The Labute approximate surface area is 97.2 Å². The minimum absolute atomic E-state index is 0.0695. The van der Waals surface area contributed by atoms with E-state index in [1.165, 1.54) is 23.5 Å². The number of phenols is 1. The van der Waals surface area contributed by atoms with Crippen LogP contribution < -0.4 is 5.73 Å². The molecule has 16 heavy (non-hydrogen) atoms. The standard InChI is InChI=1S/C12H12FNOS/c1-7-4-9(13)5-10(12(7)15)11(14)8-2-3-16-6-8/h2-6,11,15H,14H2,1H3/t11-/m0/s1. The number of halogens is 1. The third kappa shape index (κ3) is 1.94. The second-order valence-electron chi connectivity index (χ2n) is 3.69. The van der Waals surface area contributed by atoms with Gasteiger partial charge in [-0.3, -0.25) is 0 Å². The number of phenolic OH excluding ortho intramolecular Hbond substituents is 1. The predicted molar refractivity (Wildman–Crippen MR) is 63.2 cm³/mol. The number of aryl methyl sites for hydroxylation is 1. The molecule has 0 aliphatic carbocycles. The molecule has 2 aromatic rings. The van der Waals surface area contributed by atoms with E-state index in [-0.39, 0.29) is 11.6 Å². The van der Waals surface area contributed by atoms with Crippen molar-refractivity contribution in [3.05, 3.63) is 51.5 Å². The third-order valence-corrected chi connectivity index (χ3v) is 3.23. The summed E-state index contributed by atoms with van der Waals surface area (Å²) in [6.07, 6.45) is 0. The van der Waals surface area contributed by atoms with Gasteiger partial charge in [0.15, 0.2) is 0 Å². The Bertz CT molecular complexity index is 496. The molecule has 1 heterocycles. The maximum atomic E-state index is 13.2. The van der Waals surface area contributed by atoms with Crippen molar-refractivity contribution in [2.45, 2.75) is 13.0 Å². The van der Waals surface area contributed by atoms with Gasteiger partial charge in [-0.1, -0.05) is 0 Å². The lowest BCUT2D eigenvalue weighted by Crippen LogP contribution is -2.11. The summed E-state index contributed by atoms with van der Waals surface area (Å²) in [5.41, 5.74) is 7.79. The summed E-state index contributed by atoms with van der Waals surface area (Å²) in [7, 11) is 0. The van der Waals surface area contributed by atoms with Crippen LogP contribution in [0.2, 0.25) is 0 Å². The highest BCUT2D eigenvalue weighted by Crippen LogP contribution is 2.31. The first-order valence-electron chi connectivity index (χ1n) is 4.86. The van der Waals surface area contributed by atoms with Crippen molar-refractivity contribution in [1.29, 1.82) is 0 Å². The molecule has 0 aliphatic heterocycles. The van der Waals surface area contributed by atoms with Gasteiger partial charge in [0.1, 0.15) is 11.6 Å². The summed E-state index contributed by atoms with van der Waals surface area (Å²) < 4.78 is 13.2. The molecule has 0 saturated heterocycles. The summed E-state index contributed by atoms with van der Waals surface area (Å²) in [4.78, 5) is 0. The van der Waals surface area contributed by atoms with Gasteiger partial charge in [0.2, 0.25) is 0 Å². The van der Waals surface area contributed by atoms with Crippen molar-refractivity contribution >= 4 is 11.3 Å². The van der Waals surface area contributed by atoms with Crippen LogP contribution in [0.1, 0.15) is 22.7 Å². The van der Waals surface area contributed by atoms with Crippen LogP contribution in [0, 0.1) is 12.7 Å². The first-order chi connectivity index (χ1) is 7.59. The van der Waals surface area contributed by atoms with Crippen molar-refractivity contribution in [3.63, 3.8) is 0 Å². The monoisotopic (exact) mass is 237 g/mol. The van der Waals surface area contributed by atoms with Crippen molar-refractivity contribution in [1.82, 2.24) is 0 Å². The number of benzene rings is 1. The lowest BCUT2D eigenvalue weighted by molar-refractivity contribution is 0.458. The average molecular weight is 237 g/mol. The quantitative estimate of drug-likeness (QED) is 0.843. The summed E-state index contributed by atoms with van der Waals surface area (Å²) in [5, 5.41) is 13.6. The number of hydrogen-bond acceptors (Lipinski definition) is 3. The van der Waals surface area contributed by atoms with Crippen LogP contribution in [0.3, 0.4) is 0 Å². The molecule has 0 bridgehead atoms. The number of rotatable bonds is 2. The molecule has 0 unspecified atom stereocenters. The minimum atomic E-state index is -0.486. The highest BCUT2D eigenvalue weighted by atomic mass is 32.1. The van der Waals surface area contributed by atoms with Crippen LogP contribution in [0.4, 0.5) is 4.39 Å². The maximum Gasteiger partial charge on any atom is 0.124 e. The van der Waals surface area contributed by atoms with Gasteiger partial charge in [-0.05, 0) is 47.0 Å². The third-order valence-electron chi connectivity index (χ3n) is 2.53. The van der Waals surface area contributed by atoms with Gasteiger partial charge in [-0.15, -0.1) is 0 Å². The van der Waals surface area contributed by atoms with E-state index in [2.05, 4.69) is 0 Å². The van der Waals surface area contributed by atoms with Crippen molar-refractivity contribution in [2.75, 3.05) is 0 Å². The van der Waals surface area contributed by atoms with Crippen LogP contribution >= 0.6 is 11.3 Å². The first kappa shape index (κ1) is 11.1. The normalized spacial score (nSPS) is 12.7. The zero-order chi connectivity index (χ0) is 11.7. The van der Waals surface area contributed by atoms with Crippen molar-refractivity contribution in [2.24, 2.45) is 5.73 Å². The molecule has 0 fully saturated rings. The number of nitrogens with two attached hydrogens (primary N) is 1. The fourth-order valence-corrected chi connectivity index (χ4v) is 2.33. The van der Waals surface area contributed by atoms with Crippen LogP contribution in [0.5, 0.6) is 5.75 Å². The summed E-state index contributed by atoms with van der Waals surface area (Å²) in [5.74, 6) is -0.309. The van der Waals surface area contributed by atoms with Gasteiger partial charge < -0.3 is 10.8 Å². The van der Waals surface area contributed by atoms with Crippen LogP contribution in [0.25, 0.3) is 0 Å². The molecule has 0 amide bonds. The van der Waals surface area contributed by atoms with E-state index < -0.39 is 6.04 Å². The Hall–Kier alpha value is -1.39. The molecule has 4 heteroatoms. The average Bonchev–Trinajstić information content (AvgIpc) is 2.75. The smallest absolute Gasteiger partial charge is 0.124 e. The van der Waals surface area contributed by atoms with Gasteiger partial charge >= 0.3 is 0 Å². The molecule has 2 rings (SSSR count). The molecule has 84 valence electrons. The summed E-state index contributed by atoms with van der Waals surface area (Å²) in [6.45, 7) is 1.66. The molecule has 1 aromatic carbocycles.